The van der Waals surface area contributed by atoms with E-state index in [-0.39, 0.29) is 6.04 Å². The van der Waals surface area contributed by atoms with Crippen LogP contribution in [0.25, 0.3) is 0 Å². The van der Waals surface area contributed by atoms with Gasteiger partial charge in [-0.15, -0.1) is 0 Å². The predicted molar refractivity (Wildman–Crippen MR) is 50.1 cm³/mol. The summed E-state index contributed by atoms with van der Waals surface area (Å²) in [6, 6.07) is 0.222. The summed E-state index contributed by atoms with van der Waals surface area (Å²) in [5.41, 5.74) is 0. The molecule has 70 valence electrons. The molecule has 0 radical (unpaired) electrons. The van der Waals surface area contributed by atoms with Crippen LogP contribution in [0.2, 0.25) is 0 Å². The van der Waals surface area contributed by atoms with Crippen molar-refractivity contribution in [3.05, 3.63) is 0 Å². The molecule has 2 unspecified atom stereocenters. The first-order valence-corrected chi connectivity index (χ1v) is 4.93. The second-order valence-corrected chi connectivity index (χ2v) is 3.70. The zero-order valence-corrected chi connectivity index (χ0v) is 8.34. The molecular formula is C10H19NO. The third-order valence-electron chi connectivity index (χ3n) is 2.98. The highest BCUT2D eigenvalue weighted by atomic mass is 16.1. The number of likely N-dealkylation sites (tertiary alicyclic amines) is 1. The third-order valence-corrected chi connectivity index (χ3v) is 2.98. The number of Topliss-reactive ketones (excluding diaryl/α,β-unsaturated/α-hetero) is 1. The Hall–Kier alpha value is -0.370. The highest BCUT2D eigenvalue weighted by molar-refractivity contribution is 5.84. The van der Waals surface area contributed by atoms with E-state index in [0.717, 1.165) is 13.0 Å². The molecule has 0 saturated carbocycles. The minimum absolute atomic E-state index is 0.222. The number of ketones is 1. The van der Waals surface area contributed by atoms with Gasteiger partial charge in [-0.1, -0.05) is 20.3 Å². The molecule has 2 atom stereocenters. The maximum atomic E-state index is 11.6. The van der Waals surface area contributed by atoms with E-state index in [1.807, 2.05) is 6.92 Å². The Kier molecular flexibility index (Phi) is 3.27. The molecule has 0 aromatic carbocycles. The summed E-state index contributed by atoms with van der Waals surface area (Å²) < 4.78 is 0. The van der Waals surface area contributed by atoms with Gasteiger partial charge in [0.05, 0.1) is 6.04 Å². The molecule has 0 bridgehead atoms. The fourth-order valence-electron chi connectivity index (χ4n) is 2.17. The lowest BCUT2D eigenvalue weighted by molar-refractivity contribution is -0.123. The number of likely N-dealkylation sites (N-methyl/N-ethyl adjacent to an activating group) is 1. The standard InChI is InChI=1S/C10H19NO/c1-4-8-6-7-11(3)10(8)9(12)5-2/h8,10H,4-7H2,1-3H3. The van der Waals surface area contributed by atoms with Gasteiger partial charge < -0.3 is 0 Å². The lowest BCUT2D eigenvalue weighted by Gasteiger charge is -2.22. The van der Waals surface area contributed by atoms with E-state index in [2.05, 4.69) is 18.9 Å². The van der Waals surface area contributed by atoms with Gasteiger partial charge in [0, 0.05) is 6.42 Å². The number of hydrogen-bond acceptors (Lipinski definition) is 2. The molecule has 0 aromatic heterocycles. The van der Waals surface area contributed by atoms with Crippen LogP contribution in [0.15, 0.2) is 0 Å². The molecule has 0 aliphatic carbocycles. The Morgan fingerprint density at radius 3 is 2.67 bits per heavy atom. The normalized spacial score (nSPS) is 30.9. The van der Waals surface area contributed by atoms with Gasteiger partial charge in [0.25, 0.3) is 0 Å². The van der Waals surface area contributed by atoms with Gasteiger partial charge in [-0.05, 0) is 25.9 Å². The van der Waals surface area contributed by atoms with E-state index < -0.39 is 0 Å². The van der Waals surface area contributed by atoms with Gasteiger partial charge in [-0.3, -0.25) is 9.69 Å². The largest absolute Gasteiger partial charge is 0.298 e. The minimum Gasteiger partial charge on any atom is -0.298 e. The van der Waals surface area contributed by atoms with Crippen LogP contribution in [-0.4, -0.2) is 30.3 Å². The smallest absolute Gasteiger partial charge is 0.149 e. The highest BCUT2D eigenvalue weighted by Crippen LogP contribution is 2.26. The van der Waals surface area contributed by atoms with Crippen molar-refractivity contribution >= 4 is 5.78 Å². The van der Waals surface area contributed by atoms with Crippen molar-refractivity contribution in [2.45, 2.75) is 39.2 Å². The van der Waals surface area contributed by atoms with E-state index in [0.29, 0.717) is 18.1 Å². The van der Waals surface area contributed by atoms with E-state index >= 15 is 0 Å². The molecule has 0 amide bonds. The first-order valence-electron chi connectivity index (χ1n) is 4.93. The van der Waals surface area contributed by atoms with Crippen molar-refractivity contribution in [2.75, 3.05) is 13.6 Å². The fourth-order valence-corrected chi connectivity index (χ4v) is 2.17. The molecule has 1 rings (SSSR count). The van der Waals surface area contributed by atoms with E-state index in [1.165, 1.54) is 6.42 Å². The molecule has 1 fully saturated rings. The van der Waals surface area contributed by atoms with Crippen LogP contribution in [0, 0.1) is 5.92 Å². The van der Waals surface area contributed by atoms with Crippen molar-refractivity contribution in [1.29, 1.82) is 0 Å². The molecule has 0 aromatic rings. The number of carbonyl (C=O) groups excluding carboxylic acids is 1. The topological polar surface area (TPSA) is 20.3 Å². The quantitative estimate of drug-likeness (QED) is 0.641. The second-order valence-electron chi connectivity index (χ2n) is 3.70. The van der Waals surface area contributed by atoms with Crippen molar-refractivity contribution in [1.82, 2.24) is 4.90 Å². The van der Waals surface area contributed by atoms with Gasteiger partial charge in [0.1, 0.15) is 5.78 Å². The molecule has 2 heteroatoms. The monoisotopic (exact) mass is 169 g/mol. The van der Waals surface area contributed by atoms with Crippen LogP contribution in [0.4, 0.5) is 0 Å². The minimum atomic E-state index is 0.222. The first kappa shape index (κ1) is 9.72. The number of nitrogens with zero attached hydrogens (tertiary/aromatic N) is 1. The third kappa shape index (κ3) is 1.69. The molecule has 1 saturated heterocycles. The number of hydrogen-bond donors (Lipinski definition) is 0. The van der Waals surface area contributed by atoms with Crippen molar-refractivity contribution < 1.29 is 4.79 Å². The second kappa shape index (κ2) is 4.04. The molecule has 0 spiro atoms. The van der Waals surface area contributed by atoms with Gasteiger partial charge in [0.15, 0.2) is 0 Å². The first-order chi connectivity index (χ1) is 5.70. The molecule has 1 aliphatic rings. The summed E-state index contributed by atoms with van der Waals surface area (Å²) in [5, 5.41) is 0. The average Bonchev–Trinajstić information content (AvgIpc) is 2.45. The average molecular weight is 169 g/mol. The summed E-state index contributed by atoms with van der Waals surface area (Å²) in [5.74, 6) is 1.03. The summed E-state index contributed by atoms with van der Waals surface area (Å²) in [6.07, 6.45) is 3.02. The van der Waals surface area contributed by atoms with E-state index in [4.69, 9.17) is 0 Å². The highest BCUT2D eigenvalue weighted by Gasteiger charge is 2.34. The zero-order valence-electron chi connectivity index (χ0n) is 8.34. The van der Waals surface area contributed by atoms with Gasteiger partial charge in [-0.2, -0.15) is 0 Å². The molecule has 0 N–H and O–H groups in total. The van der Waals surface area contributed by atoms with Gasteiger partial charge in [-0.25, -0.2) is 0 Å². The van der Waals surface area contributed by atoms with Gasteiger partial charge in [0.2, 0.25) is 0 Å². The van der Waals surface area contributed by atoms with Gasteiger partial charge >= 0.3 is 0 Å². The van der Waals surface area contributed by atoms with Crippen molar-refractivity contribution in [3.8, 4) is 0 Å². The maximum absolute atomic E-state index is 11.6. The summed E-state index contributed by atoms with van der Waals surface area (Å²) >= 11 is 0. The van der Waals surface area contributed by atoms with Crippen LogP contribution in [0.3, 0.4) is 0 Å². The molecule has 1 aliphatic heterocycles. The van der Waals surface area contributed by atoms with Crippen LogP contribution >= 0.6 is 0 Å². The van der Waals surface area contributed by atoms with Crippen LogP contribution in [0.5, 0.6) is 0 Å². The van der Waals surface area contributed by atoms with Crippen LogP contribution in [0.1, 0.15) is 33.1 Å². The number of carbonyl (C=O) groups is 1. The lowest BCUT2D eigenvalue weighted by Crippen LogP contribution is -2.36. The van der Waals surface area contributed by atoms with Crippen molar-refractivity contribution in [2.24, 2.45) is 5.92 Å². The van der Waals surface area contributed by atoms with Crippen LogP contribution < -0.4 is 0 Å². The molecule has 12 heavy (non-hydrogen) atoms. The molecule has 1 heterocycles. The molecule has 2 nitrogen and oxygen atoms in total. The van der Waals surface area contributed by atoms with E-state index in [9.17, 15) is 4.79 Å². The maximum Gasteiger partial charge on any atom is 0.149 e. The predicted octanol–water partition coefficient (Wildman–Crippen LogP) is 1.70. The van der Waals surface area contributed by atoms with E-state index in [1.54, 1.807) is 0 Å². The fraction of sp³-hybridized carbons (Fsp3) is 0.900. The Morgan fingerprint density at radius 2 is 2.17 bits per heavy atom. The Bertz CT molecular complexity index is 167. The zero-order chi connectivity index (χ0) is 9.14. The number of rotatable bonds is 3. The Labute approximate surface area is 74.9 Å². The molecular weight excluding hydrogens is 150 g/mol. The van der Waals surface area contributed by atoms with Crippen molar-refractivity contribution in [3.63, 3.8) is 0 Å². The summed E-state index contributed by atoms with van der Waals surface area (Å²) in [7, 11) is 2.06. The summed E-state index contributed by atoms with van der Waals surface area (Å²) in [6.45, 7) is 5.23. The lowest BCUT2D eigenvalue weighted by atomic mass is 9.93. The van der Waals surface area contributed by atoms with Crippen LogP contribution in [-0.2, 0) is 4.79 Å². The SMILES string of the molecule is CCC(=O)C1C(CC)CCN1C. The Morgan fingerprint density at radius 1 is 1.50 bits per heavy atom. The summed E-state index contributed by atoms with van der Waals surface area (Å²) in [4.78, 5) is 13.8. The Balaban J connectivity index is 2.63.